The number of hydrogen-bond donors (Lipinski definition) is 0. The molecule has 0 N–H and O–H groups in total. The van der Waals surface area contributed by atoms with Gasteiger partial charge in [-0.05, 0) is 37.4 Å². The monoisotopic (exact) mass is 267 g/mol. The summed E-state index contributed by atoms with van der Waals surface area (Å²) in [5.41, 5.74) is 3.45. The molecular weight excluding hydrogens is 254 g/mol. The minimum absolute atomic E-state index is 0.597. The highest BCUT2D eigenvalue weighted by Gasteiger charge is 2.02. The summed E-state index contributed by atoms with van der Waals surface area (Å²) in [7, 11) is 0. The molecule has 19 heavy (non-hydrogen) atoms. The number of benzene rings is 1. The van der Waals surface area contributed by atoms with E-state index in [0.29, 0.717) is 5.56 Å². The Morgan fingerprint density at radius 1 is 1.21 bits per heavy atom. The van der Waals surface area contributed by atoms with Crippen LogP contribution < -0.4 is 0 Å². The minimum atomic E-state index is 0.597. The summed E-state index contributed by atoms with van der Waals surface area (Å²) >= 11 is 1.46. The number of nitrogens with zero attached hydrogens (tertiary/aromatic N) is 3. The van der Waals surface area contributed by atoms with Crippen molar-refractivity contribution in [1.29, 1.82) is 5.26 Å². The molecule has 0 atom stereocenters. The second-order valence-corrected chi connectivity index (χ2v) is 4.79. The lowest BCUT2D eigenvalue weighted by atomic mass is 10.2. The van der Waals surface area contributed by atoms with Crippen LogP contribution in [0.2, 0.25) is 0 Å². The molecule has 1 heterocycles. The first-order valence-electron chi connectivity index (χ1n) is 5.79. The summed E-state index contributed by atoms with van der Waals surface area (Å²) in [5, 5.41) is 9.67. The van der Waals surface area contributed by atoms with Crippen molar-refractivity contribution in [3.05, 3.63) is 53.2 Å². The standard InChI is InChI=1S/C15H13N3S/c1-11-3-6-13(7-4-11)17-10-14-8-5-12(9-16)15(18-14)19-2/h3-8,10H,1-2H3. The van der Waals surface area contributed by atoms with E-state index in [1.54, 1.807) is 18.3 Å². The Bertz CT molecular complexity index is 639. The molecule has 0 radical (unpaired) electrons. The van der Waals surface area contributed by atoms with Gasteiger partial charge in [-0.15, -0.1) is 11.8 Å². The fourth-order valence-corrected chi connectivity index (χ4v) is 2.07. The van der Waals surface area contributed by atoms with Crippen LogP contribution in [0.3, 0.4) is 0 Å². The molecule has 0 aliphatic heterocycles. The molecule has 0 aliphatic rings. The van der Waals surface area contributed by atoms with Crippen molar-refractivity contribution in [2.45, 2.75) is 11.9 Å². The van der Waals surface area contributed by atoms with Gasteiger partial charge < -0.3 is 0 Å². The van der Waals surface area contributed by atoms with E-state index in [9.17, 15) is 0 Å². The third kappa shape index (κ3) is 3.43. The molecule has 0 spiro atoms. The van der Waals surface area contributed by atoms with Crippen molar-refractivity contribution in [2.24, 2.45) is 4.99 Å². The molecular formula is C15H13N3S. The highest BCUT2D eigenvalue weighted by molar-refractivity contribution is 7.98. The van der Waals surface area contributed by atoms with Gasteiger partial charge in [0.15, 0.2) is 0 Å². The fraction of sp³-hybridized carbons (Fsp3) is 0.133. The second-order valence-electron chi connectivity index (χ2n) is 4.00. The van der Waals surface area contributed by atoms with Crippen molar-refractivity contribution >= 4 is 23.7 Å². The zero-order chi connectivity index (χ0) is 13.7. The van der Waals surface area contributed by atoms with Gasteiger partial charge in [-0.3, -0.25) is 4.99 Å². The highest BCUT2D eigenvalue weighted by atomic mass is 32.2. The zero-order valence-corrected chi connectivity index (χ0v) is 11.6. The molecule has 2 rings (SSSR count). The lowest BCUT2D eigenvalue weighted by Crippen LogP contribution is -1.92. The molecule has 0 aliphatic carbocycles. The van der Waals surface area contributed by atoms with Crippen LogP contribution in [0, 0.1) is 18.3 Å². The molecule has 1 aromatic carbocycles. The number of nitriles is 1. The van der Waals surface area contributed by atoms with E-state index in [0.717, 1.165) is 16.4 Å². The van der Waals surface area contributed by atoms with Crippen LogP contribution in [0.25, 0.3) is 0 Å². The smallest absolute Gasteiger partial charge is 0.114 e. The van der Waals surface area contributed by atoms with Gasteiger partial charge in [0.2, 0.25) is 0 Å². The van der Waals surface area contributed by atoms with Gasteiger partial charge in [-0.2, -0.15) is 5.26 Å². The third-order valence-electron chi connectivity index (χ3n) is 2.58. The Labute approximate surface area is 117 Å². The van der Waals surface area contributed by atoms with Crippen LogP contribution in [-0.2, 0) is 0 Å². The summed E-state index contributed by atoms with van der Waals surface area (Å²) < 4.78 is 0. The maximum Gasteiger partial charge on any atom is 0.114 e. The third-order valence-corrected chi connectivity index (χ3v) is 3.27. The van der Waals surface area contributed by atoms with Gasteiger partial charge >= 0.3 is 0 Å². The van der Waals surface area contributed by atoms with E-state index in [4.69, 9.17) is 5.26 Å². The largest absolute Gasteiger partial charge is 0.255 e. The second kappa shape index (κ2) is 6.17. The predicted molar refractivity (Wildman–Crippen MR) is 79.2 cm³/mol. The van der Waals surface area contributed by atoms with Crippen LogP contribution in [0.4, 0.5) is 5.69 Å². The first-order chi connectivity index (χ1) is 9.22. The lowest BCUT2D eigenvalue weighted by molar-refractivity contribution is 1.10. The molecule has 3 nitrogen and oxygen atoms in total. The molecule has 0 unspecified atom stereocenters. The van der Waals surface area contributed by atoms with E-state index in [-0.39, 0.29) is 0 Å². The summed E-state index contributed by atoms with van der Waals surface area (Å²) in [4.78, 5) is 8.75. The van der Waals surface area contributed by atoms with Crippen LogP contribution in [0.1, 0.15) is 16.8 Å². The van der Waals surface area contributed by atoms with E-state index in [1.807, 2.05) is 37.4 Å². The minimum Gasteiger partial charge on any atom is -0.255 e. The van der Waals surface area contributed by atoms with Crippen LogP contribution in [0.5, 0.6) is 0 Å². The van der Waals surface area contributed by atoms with Gasteiger partial charge in [0, 0.05) is 0 Å². The van der Waals surface area contributed by atoms with Gasteiger partial charge in [-0.25, -0.2) is 4.98 Å². The van der Waals surface area contributed by atoms with E-state index < -0.39 is 0 Å². The Morgan fingerprint density at radius 3 is 2.58 bits per heavy atom. The Hall–Kier alpha value is -2.12. The highest BCUT2D eigenvalue weighted by Crippen LogP contribution is 2.17. The molecule has 94 valence electrons. The average Bonchev–Trinajstić information content (AvgIpc) is 2.46. The van der Waals surface area contributed by atoms with Crippen molar-refractivity contribution in [2.75, 3.05) is 6.26 Å². The molecule has 4 heteroatoms. The number of aryl methyl sites for hydroxylation is 1. The molecule has 0 bridgehead atoms. The number of aromatic nitrogens is 1. The van der Waals surface area contributed by atoms with Crippen molar-refractivity contribution < 1.29 is 0 Å². The number of hydrogen-bond acceptors (Lipinski definition) is 4. The summed E-state index contributed by atoms with van der Waals surface area (Å²) in [6, 6.07) is 13.7. The van der Waals surface area contributed by atoms with E-state index in [2.05, 4.69) is 16.0 Å². The van der Waals surface area contributed by atoms with Gasteiger partial charge in [0.25, 0.3) is 0 Å². The maximum absolute atomic E-state index is 8.94. The Morgan fingerprint density at radius 2 is 1.95 bits per heavy atom. The van der Waals surface area contributed by atoms with Crippen molar-refractivity contribution in [1.82, 2.24) is 4.98 Å². The fourth-order valence-electron chi connectivity index (χ4n) is 1.54. The first kappa shape index (κ1) is 13.3. The predicted octanol–water partition coefficient (Wildman–Crippen LogP) is 3.73. The van der Waals surface area contributed by atoms with Crippen molar-refractivity contribution in [3.63, 3.8) is 0 Å². The van der Waals surface area contributed by atoms with Crippen LogP contribution in [0.15, 0.2) is 46.4 Å². The molecule has 2 aromatic rings. The summed E-state index contributed by atoms with van der Waals surface area (Å²) in [6.45, 7) is 2.04. The molecule has 1 aromatic heterocycles. The number of rotatable bonds is 3. The van der Waals surface area contributed by atoms with Gasteiger partial charge in [0.05, 0.1) is 23.2 Å². The number of thioether (sulfide) groups is 1. The number of aliphatic imine (C=N–C) groups is 1. The van der Waals surface area contributed by atoms with E-state index in [1.165, 1.54) is 17.3 Å². The zero-order valence-electron chi connectivity index (χ0n) is 10.8. The average molecular weight is 267 g/mol. The Kier molecular flexibility index (Phi) is 4.32. The summed E-state index contributed by atoms with van der Waals surface area (Å²) in [5.74, 6) is 0. The van der Waals surface area contributed by atoms with Gasteiger partial charge in [0.1, 0.15) is 11.1 Å². The molecule has 0 saturated heterocycles. The SMILES string of the molecule is CSc1nc(C=Nc2ccc(C)cc2)ccc1C#N. The van der Waals surface area contributed by atoms with E-state index >= 15 is 0 Å². The van der Waals surface area contributed by atoms with Gasteiger partial charge in [-0.1, -0.05) is 17.7 Å². The van der Waals surface area contributed by atoms with Crippen molar-refractivity contribution in [3.8, 4) is 6.07 Å². The quantitative estimate of drug-likeness (QED) is 0.629. The van der Waals surface area contributed by atoms with Crippen LogP contribution >= 0.6 is 11.8 Å². The molecule has 0 amide bonds. The maximum atomic E-state index is 8.94. The number of pyridine rings is 1. The lowest BCUT2D eigenvalue weighted by Gasteiger charge is -2.00. The normalized spacial score (nSPS) is 10.6. The summed E-state index contributed by atoms with van der Waals surface area (Å²) in [6.07, 6.45) is 3.62. The first-order valence-corrected chi connectivity index (χ1v) is 7.01. The van der Waals surface area contributed by atoms with Crippen LogP contribution in [-0.4, -0.2) is 17.5 Å². The molecule has 0 saturated carbocycles. The molecule has 0 fully saturated rings. The Balaban J connectivity index is 2.24. The topological polar surface area (TPSA) is 49.0 Å².